The fraction of sp³-hybridized carbons (Fsp3) is 0.538. The van der Waals surface area contributed by atoms with Gasteiger partial charge in [0, 0.05) is 25.6 Å². The van der Waals surface area contributed by atoms with Gasteiger partial charge < -0.3 is 9.84 Å². The van der Waals surface area contributed by atoms with Gasteiger partial charge in [-0.3, -0.25) is 10.1 Å². The van der Waals surface area contributed by atoms with Crippen LogP contribution < -0.4 is 4.74 Å². The number of aryl methyl sites for hydroxylation is 2. The minimum absolute atomic E-state index is 0.0440. The molecule has 0 radical (unpaired) electrons. The number of hydrogen-bond acceptors (Lipinski definition) is 6. The maximum Gasteiger partial charge on any atom is 0.353 e. The largest absolute Gasteiger partial charge is 0.472 e. The third kappa shape index (κ3) is 2.93. The zero-order valence-electron chi connectivity index (χ0n) is 12.8. The molecule has 0 aliphatic rings. The summed E-state index contributed by atoms with van der Waals surface area (Å²) in [6.45, 7) is 6.14. The summed E-state index contributed by atoms with van der Waals surface area (Å²) in [5.41, 5.74) is 1.01. The normalized spacial score (nSPS) is 10.9. The van der Waals surface area contributed by atoms with Crippen LogP contribution in [0.1, 0.15) is 24.7 Å². The van der Waals surface area contributed by atoms with Crippen molar-refractivity contribution in [2.24, 2.45) is 0 Å². The summed E-state index contributed by atoms with van der Waals surface area (Å²) in [5.74, 6) is 0.607. The molecule has 1 N–H and O–H groups in total. The average molecular weight is 309 g/mol. The minimum Gasteiger partial charge on any atom is -0.472 e. The Kier molecular flexibility index (Phi) is 4.76. The van der Waals surface area contributed by atoms with Crippen molar-refractivity contribution in [1.29, 1.82) is 0 Å². The van der Waals surface area contributed by atoms with Crippen LogP contribution in [-0.4, -0.2) is 42.8 Å². The molecule has 9 heteroatoms. The molecule has 0 saturated carbocycles. The standard InChI is InChI=1S/C13H19N5O4/c1-4-16-11(8-9(2)14-16)17-10(3)12(18(20)21)13(15-17)22-7-5-6-19/h8,19H,4-7H2,1-3H3. The molecule has 0 bridgehead atoms. The Balaban J connectivity index is 2.48. The van der Waals surface area contributed by atoms with Crippen molar-refractivity contribution >= 4 is 5.69 Å². The number of ether oxygens (including phenoxy) is 1. The number of hydrogen-bond donors (Lipinski definition) is 1. The topological polar surface area (TPSA) is 108 Å². The van der Waals surface area contributed by atoms with Crippen molar-refractivity contribution in [2.45, 2.75) is 33.7 Å². The van der Waals surface area contributed by atoms with Gasteiger partial charge in [-0.15, -0.1) is 5.10 Å². The molecule has 0 spiro atoms. The maximum atomic E-state index is 11.3. The highest BCUT2D eigenvalue weighted by atomic mass is 16.6. The van der Waals surface area contributed by atoms with Crippen LogP contribution in [0.2, 0.25) is 0 Å². The molecule has 0 saturated heterocycles. The predicted molar refractivity (Wildman–Crippen MR) is 78.3 cm³/mol. The van der Waals surface area contributed by atoms with Gasteiger partial charge in [0.15, 0.2) is 5.82 Å². The number of aliphatic hydroxyl groups is 1. The second kappa shape index (κ2) is 6.56. The van der Waals surface area contributed by atoms with Gasteiger partial charge in [-0.1, -0.05) is 0 Å². The Labute approximate surface area is 127 Å². The molecule has 0 fully saturated rings. The third-order valence-electron chi connectivity index (χ3n) is 3.18. The molecular formula is C13H19N5O4. The molecule has 0 aromatic carbocycles. The van der Waals surface area contributed by atoms with E-state index in [0.717, 1.165) is 5.69 Å². The van der Waals surface area contributed by atoms with E-state index in [2.05, 4.69) is 10.2 Å². The van der Waals surface area contributed by atoms with Crippen LogP contribution in [0.25, 0.3) is 5.82 Å². The first-order valence-corrected chi connectivity index (χ1v) is 7.02. The Morgan fingerprint density at radius 2 is 2.14 bits per heavy atom. The molecule has 0 aliphatic heterocycles. The highest BCUT2D eigenvalue weighted by Gasteiger charge is 2.28. The van der Waals surface area contributed by atoms with Crippen LogP contribution in [0.5, 0.6) is 5.88 Å². The third-order valence-corrected chi connectivity index (χ3v) is 3.18. The van der Waals surface area contributed by atoms with Crippen molar-refractivity contribution in [2.75, 3.05) is 13.2 Å². The van der Waals surface area contributed by atoms with Crippen molar-refractivity contribution < 1.29 is 14.8 Å². The van der Waals surface area contributed by atoms with Gasteiger partial charge in [-0.25, -0.2) is 9.36 Å². The second-order valence-corrected chi connectivity index (χ2v) is 4.79. The Morgan fingerprint density at radius 3 is 2.73 bits per heavy atom. The molecule has 0 atom stereocenters. The quantitative estimate of drug-likeness (QED) is 0.470. The number of rotatable bonds is 7. The van der Waals surface area contributed by atoms with E-state index in [4.69, 9.17) is 9.84 Å². The lowest BCUT2D eigenvalue weighted by atomic mass is 10.4. The zero-order chi connectivity index (χ0) is 16.3. The lowest BCUT2D eigenvalue weighted by molar-refractivity contribution is -0.386. The van der Waals surface area contributed by atoms with E-state index < -0.39 is 4.92 Å². The summed E-state index contributed by atoms with van der Waals surface area (Å²) < 4.78 is 8.53. The maximum absolute atomic E-state index is 11.3. The van der Waals surface area contributed by atoms with Crippen molar-refractivity contribution in [3.8, 4) is 11.7 Å². The molecular weight excluding hydrogens is 290 g/mol. The number of nitro groups is 1. The molecule has 0 amide bonds. The molecule has 2 aromatic heterocycles. The van der Waals surface area contributed by atoms with E-state index in [1.807, 2.05) is 19.9 Å². The van der Waals surface area contributed by atoms with Crippen LogP contribution in [0.4, 0.5) is 5.69 Å². The summed E-state index contributed by atoms with van der Waals surface area (Å²) in [5, 5.41) is 28.6. The molecule has 22 heavy (non-hydrogen) atoms. The van der Waals surface area contributed by atoms with Gasteiger partial charge in [0.1, 0.15) is 5.69 Å². The van der Waals surface area contributed by atoms with E-state index in [0.29, 0.717) is 24.5 Å². The average Bonchev–Trinajstić information content (AvgIpc) is 2.99. The van der Waals surface area contributed by atoms with Gasteiger partial charge in [-0.05, 0) is 20.8 Å². The van der Waals surface area contributed by atoms with Gasteiger partial charge in [0.25, 0.3) is 0 Å². The van der Waals surface area contributed by atoms with E-state index in [1.54, 1.807) is 11.6 Å². The summed E-state index contributed by atoms with van der Waals surface area (Å²) in [6.07, 6.45) is 0.384. The van der Waals surface area contributed by atoms with E-state index in [1.165, 1.54) is 4.68 Å². The Bertz CT molecular complexity index is 676. The molecule has 9 nitrogen and oxygen atoms in total. The van der Waals surface area contributed by atoms with E-state index >= 15 is 0 Å². The van der Waals surface area contributed by atoms with Crippen molar-refractivity contribution in [3.05, 3.63) is 27.6 Å². The molecule has 2 heterocycles. The number of nitrogens with zero attached hydrogens (tertiary/aromatic N) is 5. The number of aliphatic hydroxyl groups excluding tert-OH is 1. The molecule has 0 unspecified atom stereocenters. The van der Waals surface area contributed by atoms with Crippen LogP contribution in [0, 0.1) is 24.0 Å². The summed E-state index contributed by atoms with van der Waals surface area (Å²) >= 11 is 0. The lowest BCUT2D eigenvalue weighted by Crippen LogP contribution is -2.09. The van der Waals surface area contributed by atoms with E-state index in [-0.39, 0.29) is 24.8 Å². The van der Waals surface area contributed by atoms with Gasteiger partial charge in [-0.2, -0.15) is 5.10 Å². The highest BCUT2D eigenvalue weighted by Crippen LogP contribution is 2.31. The molecule has 120 valence electrons. The summed E-state index contributed by atoms with van der Waals surface area (Å²) in [4.78, 5) is 10.8. The Hall–Kier alpha value is -2.42. The molecule has 0 aliphatic carbocycles. The summed E-state index contributed by atoms with van der Waals surface area (Å²) in [6, 6.07) is 1.81. The second-order valence-electron chi connectivity index (χ2n) is 4.79. The highest BCUT2D eigenvalue weighted by molar-refractivity contribution is 5.48. The van der Waals surface area contributed by atoms with Crippen LogP contribution >= 0.6 is 0 Å². The predicted octanol–water partition coefficient (Wildman–Crippen LogP) is 1.37. The van der Waals surface area contributed by atoms with Crippen molar-refractivity contribution in [1.82, 2.24) is 19.6 Å². The fourth-order valence-electron chi connectivity index (χ4n) is 2.17. The lowest BCUT2D eigenvalue weighted by Gasteiger charge is -2.05. The Morgan fingerprint density at radius 1 is 1.41 bits per heavy atom. The first-order valence-electron chi connectivity index (χ1n) is 7.02. The van der Waals surface area contributed by atoms with Crippen molar-refractivity contribution in [3.63, 3.8) is 0 Å². The van der Waals surface area contributed by atoms with Crippen LogP contribution in [0.3, 0.4) is 0 Å². The van der Waals surface area contributed by atoms with Crippen LogP contribution in [-0.2, 0) is 6.54 Å². The van der Waals surface area contributed by atoms with Gasteiger partial charge in [0.2, 0.25) is 0 Å². The first-order chi connectivity index (χ1) is 10.5. The smallest absolute Gasteiger partial charge is 0.353 e. The first kappa shape index (κ1) is 16.0. The SMILES string of the molecule is CCn1nc(C)cc1-n1nc(OCCCO)c([N+](=O)[O-])c1C. The number of aromatic nitrogens is 4. The van der Waals surface area contributed by atoms with Crippen LogP contribution in [0.15, 0.2) is 6.07 Å². The monoisotopic (exact) mass is 309 g/mol. The van der Waals surface area contributed by atoms with E-state index in [9.17, 15) is 10.1 Å². The van der Waals surface area contributed by atoms with Gasteiger partial charge >= 0.3 is 11.6 Å². The molecule has 2 aromatic rings. The minimum atomic E-state index is -0.507. The summed E-state index contributed by atoms with van der Waals surface area (Å²) in [7, 11) is 0. The fourth-order valence-corrected chi connectivity index (χ4v) is 2.17. The van der Waals surface area contributed by atoms with Gasteiger partial charge in [0.05, 0.1) is 17.2 Å². The zero-order valence-corrected chi connectivity index (χ0v) is 12.8. The molecule has 2 rings (SSSR count).